The first-order valence-electron chi connectivity index (χ1n) is 6.85. The number of hydrogen-bond acceptors (Lipinski definition) is 3. The van der Waals surface area contributed by atoms with Gasteiger partial charge in [0.1, 0.15) is 5.75 Å². The number of aryl methyl sites for hydroxylation is 1. The molecule has 2 rings (SSSR count). The molecule has 126 valence electrons. The number of Topliss-reactive ketones (excluding diaryl/α,β-unsaturated/α-hetero) is 1. The van der Waals surface area contributed by atoms with E-state index in [1.807, 2.05) is 0 Å². The van der Waals surface area contributed by atoms with Crippen LogP contribution in [0, 0.1) is 6.92 Å². The van der Waals surface area contributed by atoms with Gasteiger partial charge < -0.3 is 9.84 Å². The molecule has 1 N–H and O–H groups in total. The molecule has 0 aliphatic carbocycles. The number of benzene rings is 2. The predicted octanol–water partition coefficient (Wildman–Crippen LogP) is 3.97. The van der Waals surface area contributed by atoms with Crippen molar-refractivity contribution in [1.29, 1.82) is 0 Å². The quantitative estimate of drug-likeness (QED) is 0.838. The van der Waals surface area contributed by atoms with Crippen LogP contribution in [0.25, 0.3) is 0 Å². The highest BCUT2D eigenvalue weighted by Gasteiger charge is 2.32. The summed E-state index contributed by atoms with van der Waals surface area (Å²) < 4.78 is 43.5. The van der Waals surface area contributed by atoms with Gasteiger partial charge in [0.05, 0.1) is 11.1 Å². The third-order valence-corrected chi connectivity index (χ3v) is 3.30. The zero-order valence-corrected chi connectivity index (χ0v) is 12.6. The molecule has 0 fully saturated rings. The number of ketones is 1. The Kier molecular flexibility index (Phi) is 4.92. The second kappa shape index (κ2) is 6.74. The van der Waals surface area contributed by atoms with Gasteiger partial charge in [0, 0.05) is 5.56 Å². The van der Waals surface area contributed by atoms with Crippen LogP contribution >= 0.6 is 0 Å². The summed E-state index contributed by atoms with van der Waals surface area (Å²) in [5.74, 6) is -2.26. The van der Waals surface area contributed by atoms with E-state index in [4.69, 9.17) is 9.84 Å². The van der Waals surface area contributed by atoms with E-state index in [0.29, 0.717) is 23.3 Å². The molecular formula is C17H13F3O4. The van der Waals surface area contributed by atoms with Gasteiger partial charge in [-0.2, -0.15) is 13.2 Å². The van der Waals surface area contributed by atoms with Crippen LogP contribution in [0.1, 0.15) is 31.8 Å². The van der Waals surface area contributed by atoms with Gasteiger partial charge in [-0.05, 0) is 30.7 Å². The van der Waals surface area contributed by atoms with Gasteiger partial charge in [0.15, 0.2) is 12.4 Å². The lowest BCUT2D eigenvalue weighted by Gasteiger charge is -2.12. The van der Waals surface area contributed by atoms with E-state index in [9.17, 15) is 22.8 Å². The van der Waals surface area contributed by atoms with E-state index in [2.05, 4.69) is 0 Å². The van der Waals surface area contributed by atoms with Crippen molar-refractivity contribution in [2.75, 3.05) is 6.61 Å². The van der Waals surface area contributed by atoms with Gasteiger partial charge >= 0.3 is 12.1 Å². The number of aromatic carboxylic acids is 1. The molecule has 0 unspecified atom stereocenters. The average Bonchev–Trinajstić information content (AvgIpc) is 2.52. The molecule has 0 aliphatic heterocycles. The highest BCUT2D eigenvalue weighted by molar-refractivity contribution is 5.98. The van der Waals surface area contributed by atoms with E-state index in [-0.39, 0.29) is 5.75 Å². The monoisotopic (exact) mass is 338 g/mol. The van der Waals surface area contributed by atoms with E-state index in [0.717, 1.165) is 6.07 Å². The summed E-state index contributed by atoms with van der Waals surface area (Å²) in [4.78, 5) is 23.0. The van der Waals surface area contributed by atoms with Gasteiger partial charge in [-0.3, -0.25) is 4.79 Å². The molecule has 2 aromatic rings. The summed E-state index contributed by atoms with van der Waals surface area (Å²) in [6.07, 6.45) is -4.72. The molecule has 0 bridgehead atoms. The van der Waals surface area contributed by atoms with E-state index < -0.39 is 35.7 Å². The van der Waals surface area contributed by atoms with Crippen molar-refractivity contribution in [3.05, 3.63) is 64.7 Å². The van der Waals surface area contributed by atoms with Gasteiger partial charge in [-0.15, -0.1) is 0 Å². The first-order chi connectivity index (χ1) is 11.2. The summed E-state index contributed by atoms with van der Waals surface area (Å²) in [7, 11) is 0. The molecule has 2 aromatic carbocycles. The van der Waals surface area contributed by atoms with Crippen molar-refractivity contribution in [3.63, 3.8) is 0 Å². The normalized spacial score (nSPS) is 11.2. The molecule has 24 heavy (non-hydrogen) atoms. The minimum absolute atomic E-state index is 0.329. The van der Waals surface area contributed by atoms with Gasteiger partial charge in [-0.25, -0.2) is 4.79 Å². The fraction of sp³-hybridized carbons (Fsp3) is 0.176. The van der Waals surface area contributed by atoms with E-state index in [1.54, 1.807) is 31.2 Å². The summed E-state index contributed by atoms with van der Waals surface area (Å²) in [6.45, 7) is 1.23. The molecule has 0 atom stereocenters. The van der Waals surface area contributed by atoms with Crippen molar-refractivity contribution in [2.45, 2.75) is 13.1 Å². The molecule has 0 saturated heterocycles. The standard InChI is InChI=1S/C17H13F3O4/c1-10-4-2-3-5-14(10)15(21)9-24-13-7-11(16(22)23)6-12(8-13)17(18,19)20/h2-8H,9H2,1H3,(H,22,23). The molecule has 7 heteroatoms. The fourth-order valence-corrected chi connectivity index (χ4v) is 2.08. The fourth-order valence-electron chi connectivity index (χ4n) is 2.08. The molecule has 0 amide bonds. The first-order valence-corrected chi connectivity index (χ1v) is 6.85. The number of carbonyl (C=O) groups excluding carboxylic acids is 1. The number of hydrogen-bond donors (Lipinski definition) is 1. The first kappa shape index (κ1) is 17.5. The Morgan fingerprint density at radius 3 is 2.38 bits per heavy atom. The van der Waals surface area contributed by atoms with Crippen molar-refractivity contribution < 1.29 is 32.6 Å². The number of carboxylic acid groups (broad SMARTS) is 1. The molecule has 0 saturated carbocycles. The maximum absolute atomic E-state index is 12.8. The Labute approximate surface area is 135 Å². The van der Waals surface area contributed by atoms with Crippen LogP contribution in [-0.4, -0.2) is 23.5 Å². The van der Waals surface area contributed by atoms with Crippen LogP contribution in [0.5, 0.6) is 5.75 Å². The zero-order chi connectivity index (χ0) is 17.9. The molecule has 4 nitrogen and oxygen atoms in total. The van der Waals surface area contributed by atoms with Crippen molar-refractivity contribution in [1.82, 2.24) is 0 Å². The molecule has 0 heterocycles. The van der Waals surface area contributed by atoms with Crippen molar-refractivity contribution in [2.24, 2.45) is 0 Å². The number of alkyl halides is 3. The average molecular weight is 338 g/mol. The lowest BCUT2D eigenvalue weighted by Crippen LogP contribution is -2.14. The lowest BCUT2D eigenvalue weighted by molar-refractivity contribution is -0.137. The smallest absolute Gasteiger partial charge is 0.416 e. The molecular weight excluding hydrogens is 325 g/mol. The highest BCUT2D eigenvalue weighted by atomic mass is 19.4. The summed E-state index contributed by atoms with van der Waals surface area (Å²) >= 11 is 0. The molecule has 0 aliphatic rings. The minimum atomic E-state index is -4.72. The molecule has 0 radical (unpaired) electrons. The second-order valence-corrected chi connectivity index (χ2v) is 5.08. The Morgan fingerprint density at radius 2 is 1.79 bits per heavy atom. The minimum Gasteiger partial charge on any atom is -0.485 e. The van der Waals surface area contributed by atoms with E-state index >= 15 is 0 Å². The SMILES string of the molecule is Cc1ccccc1C(=O)COc1cc(C(=O)O)cc(C(F)(F)F)c1. The van der Waals surface area contributed by atoms with Crippen LogP contribution in [0.4, 0.5) is 13.2 Å². The molecule has 0 spiro atoms. The Balaban J connectivity index is 2.23. The topological polar surface area (TPSA) is 63.6 Å². The highest BCUT2D eigenvalue weighted by Crippen LogP contribution is 2.32. The maximum Gasteiger partial charge on any atom is 0.416 e. The third kappa shape index (κ3) is 4.13. The van der Waals surface area contributed by atoms with Crippen LogP contribution < -0.4 is 4.74 Å². The van der Waals surface area contributed by atoms with Crippen LogP contribution in [0.3, 0.4) is 0 Å². The Bertz CT molecular complexity index is 782. The largest absolute Gasteiger partial charge is 0.485 e. The van der Waals surface area contributed by atoms with Crippen LogP contribution in [0.15, 0.2) is 42.5 Å². The number of halogens is 3. The third-order valence-electron chi connectivity index (χ3n) is 3.30. The van der Waals surface area contributed by atoms with Crippen molar-refractivity contribution in [3.8, 4) is 5.75 Å². The predicted molar refractivity (Wildman–Crippen MR) is 79.4 cm³/mol. The van der Waals surface area contributed by atoms with Gasteiger partial charge in [0.2, 0.25) is 0 Å². The Morgan fingerprint density at radius 1 is 1.12 bits per heavy atom. The van der Waals surface area contributed by atoms with Gasteiger partial charge in [-0.1, -0.05) is 24.3 Å². The zero-order valence-electron chi connectivity index (χ0n) is 12.6. The maximum atomic E-state index is 12.8. The second-order valence-electron chi connectivity index (χ2n) is 5.08. The van der Waals surface area contributed by atoms with E-state index in [1.165, 1.54) is 0 Å². The number of carbonyl (C=O) groups is 2. The summed E-state index contributed by atoms with van der Waals surface area (Å²) in [6, 6.07) is 8.83. The summed E-state index contributed by atoms with van der Waals surface area (Å²) in [5, 5.41) is 8.90. The number of ether oxygens (including phenoxy) is 1. The van der Waals surface area contributed by atoms with Crippen molar-refractivity contribution >= 4 is 11.8 Å². The lowest BCUT2D eigenvalue weighted by atomic mass is 10.1. The number of rotatable bonds is 5. The Hall–Kier alpha value is -2.83. The van der Waals surface area contributed by atoms with Gasteiger partial charge in [0.25, 0.3) is 0 Å². The summed E-state index contributed by atoms with van der Waals surface area (Å²) in [5.41, 5.74) is -0.617. The van der Waals surface area contributed by atoms with Crippen LogP contribution in [0.2, 0.25) is 0 Å². The number of carboxylic acids is 1. The molecule has 0 aromatic heterocycles. The van der Waals surface area contributed by atoms with Crippen LogP contribution in [-0.2, 0) is 6.18 Å².